The smallest absolute Gasteiger partial charge is 0.223 e. The highest BCUT2D eigenvalue weighted by Crippen LogP contribution is 2.35. The van der Waals surface area contributed by atoms with E-state index in [0.717, 1.165) is 34.2 Å². The first kappa shape index (κ1) is 17.3. The third-order valence-electron chi connectivity index (χ3n) is 4.27. The molecule has 0 aromatic carbocycles. The largest absolute Gasteiger partial charge is 0.396 e. The van der Waals surface area contributed by atoms with Gasteiger partial charge in [-0.1, -0.05) is 24.2 Å². The molecule has 2 heterocycles. The van der Waals surface area contributed by atoms with Crippen LogP contribution in [0.2, 0.25) is 0 Å². The second-order valence-electron chi connectivity index (χ2n) is 6.13. The summed E-state index contributed by atoms with van der Waals surface area (Å²) in [6, 6.07) is 0.292. The minimum absolute atomic E-state index is 0.122. The van der Waals surface area contributed by atoms with Crippen LogP contribution < -0.4 is 10.6 Å². The molecule has 0 radical (unpaired) electrons. The van der Waals surface area contributed by atoms with Gasteiger partial charge in [0, 0.05) is 30.9 Å². The van der Waals surface area contributed by atoms with Crippen LogP contribution in [-0.4, -0.2) is 33.6 Å². The molecule has 2 aromatic heterocycles. The predicted molar refractivity (Wildman–Crippen MR) is 98.7 cm³/mol. The van der Waals surface area contributed by atoms with Gasteiger partial charge < -0.3 is 15.7 Å². The van der Waals surface area contributed by atoms with E-state index in [4.69, 9.17) is 0 Å². The molecule has 0 bridgehead atoms. The maximum atomic E-state index is 11.2. The highest BCUT2D eigenvalue weighted by molar-refractivity contribution is 7.19. The number of nitrogens with one attached hydrogen (secondary N) is 2. The molecule has 3 N–H and O–H groups in total. The van der Waals surface area contributed by atoms with E-state index in [1.807, 2.05) is 12.3 Å². The number of hydrogen-bond acceptors (Lipinski definition) is 7. The van der Waals surface area contributed by atoms with E-state index in [1.54, 1.807) is 11.3 Å². The van der Waals surface area contributed by atoms with Crippen LogP contribution in [0.1, 0.15) is 38.3 Å². The van der Waals surface area contributed by atoms with Gasteiger partial charge in [-0.3, -0.25) is 4.79 Å². The van der Waals surface area contributed by atoms with Gasteiger partial charge in [0.1, 0.15) is 0 Å². The zero-order valence-electron chi connectivity index (χ0n) is 13.8. The van der Waals surface area contributed by atoms with E-state index < -0.39 is 0 Å². The van der Waals surface area contributed by atoms with Crippen LogP contribution in [0.4, 0.5) is 10.3 Å². The van der Waals surface area contributed by atoms with Gasteiger partial charge in [-0.15, -0.1) is 11.3 Å². The van der Waals surface area contributed by atoms with Gasteiger partial charge in [-0.2, -0.15) is 0 Å². The first-order chi connectivity index (χ1) is 11.6. The Morgan fingerprint density at radius 1 is 1.33 bits per heavy atom. The SMILES string of the molecule is CC(=O)Nc1nc(C)c(-c2csc(NC3CCCC[C@@H]3CO)n2)s1. The molecule has 0 aliphatic heterocycles. The van der Waals surface area contributed by atoms with Gasteiger partial charge in [0.25, 0.3) is 0 Å². The third-order valence-corrected chi connectivity index (χ3v) is 6.14. The number of anilines is 2. The number of carbonyl (C=O) groups is 1. The molecule has 24 heavy (non-hydrogen) atoms. The van der Waals surface area contributed by atoms with Crippen molar-refractivity contribution in [1.29, 1.82) is 0 Å². The van der Waals surface area contributed by atoms with E-state index in [-0.39, 0.29) is 12.5 Å². The number of aliphatic hydroxyl groups is 1. The second-order valence-corrected chi connectivity index (χ2v) is 7.99. The summed E-state index contributed by atoms with van der Waals surface area (Å²) in [5, 5.41) is 19.2. The number of aromatic nitrogens is 2. The number of rotatable bonds is 5. The first-order valence-electron chi connectivity index (χ1n) is 8.15. The van der Waals surface area contributed by atoms with Crippen molar-refractivity contribution in [2.75, 3.05) is 17.2 Å². The number of aryl methyl sites for hydroxylation is 1. The molecule has 1 aliphatic carbocycles. The minimum Gasteiger partial charge on any atom is -0.396 e. The summed E-state index contributed by atoms with van der Waals surface area (Å²) in [5.74, 6) is 0.186. The Morgan fingerprint density at radius 2 is 2.12 bits per heavy atom. The van der Waals surface area contributed by atoms with E-state index in [9.17, 15) is 9.90 Å². The Balaban J connectivity index is 1.73. The second kappa shape index (κ2) is 7.58. The topological polar surface area (TPSA) is 87.1 Å². The van der Waals surface area contributed by atoms with Crippen LogP contribution in [0.25, 0.3) is 10.6 Å². The van der Waals surface area contributed by atoms with Crippen molar-refractivity contribution in [2.24, 2.45) is 5.92 Å². The van der Waals surface area contributed by atoms with E-state index in [0.29, 0.717) is 17.1 Å². The Morgan fingerprint density at radius 3 is 2.88 bits per heavy atom. The Bertz CT molecular complexity index is 713. The normalized spacial score (nSPS) is 20.8. The van der Waals surface area contributed by atoms with Crippen LogP contribution in [0.5, 0.6) is 0 Å². The maximum Gasteiger partial charge on any atom is 0.223 e. The molecule has 2 atom stereocenters. The lowest BCUT2D eigenvalue weighted by molar-refractivity contribution is -0.114. The number of carbonyl (C=O) groups excluding carboxylic acids is 1. The van der Waals surface area contributed by atoms with Crippen molar-refractivity contribution in [3.63, 3.8) is 0 Å². The quantitative estimate of drug-likeness (QED) is 0.754. The molecular weight excluding hydrogens is 344 g/mol. The van der Waals surface area contributed by atoms with Gasteiger partial charge in [0.2, 0.25) is 5.91 Å². The fourth-order valence-electron chi connectivity index (χ4n) is 3.06. The molecule has 1 unspecified atom stereocenters. The van der Waals surface area contributed by atoms with E-state index >= 15 is 0 Å². The molecule has 1 amide bonds. The van der Waals surface area contributed by atoms with Crippen LogP contribution in [0, 0.1) is 12.8 Å². The molecule has 0 saturated heterocycles. The molecule has 1 saturated carbocycles. The standard InChI is InChI=1S/C16H22N4O2S2/c1-9-14(24-16(17-9)18-10(2)22)13-8-23-15(20-13)19-12-6-4-3-5-11(12)7-21/h8,11-12,21H,3-7H2,1-2H3,(H,19,20)(H,17,18,22)/t11-,12?/m1/s1. The summed E-state index contributed by atoms with van der Waals surface area (Å²) < 4.78 is 0. The summed E-state index contributed by atoms with van der Waals surface area (Å²) in [6.45, 7) is 3.62. The lowest BCUT2D eigenvalue weighted by Crippen LogP contribution is -2.34. The van der Waals surface area contributed by atoms with Gasteiger partial charge in [-0.05, 0) is 19.8 Å². The lowest BCUT2D eigenvalue weighted by atomic mass is 9.85. The number of aliphatic hydroxyl groups excluding tert-OH is 1. The van der Waals surface area contributed by atoms with Crippen LogP contribution in [0.3, 0.4) is 0 Å². The van der Waals surface area contributed by atoms with Crippen molar-refractivity contribution in [3.05, 3.63) is 11.1 Å². The molecule has 8 heteroatoms. The predicted octanol–water partition coefficient (Wildman–Crippen LogP) is 3.50. The summed E-state index contributed by atoms with van der Waals surface area (Å²) in [6.07, 6.45) is 4.53. The summed E-state index contributed by atoms with van der Waals surface area (Å²) in [7, 11) is 0. The summed E-state index contributed by atoms with van der Waals surface area (Å²) in [5.41, 5.74) is 1.75. The third kappa shape index (κ3) is 3.93. The molecule has 2 aromatic rings. The van der Waals surface area contributed by atoms with E-state index in [1.165, 1.54) is 31.1 Å². The number of thiazole rings is 2. The summed E-state index contributed by atoms with van der Waals surface area (Å²) >= 11 is 3.01. The fraction of sp³-hybridized carbons (Fsp3) is 0.562. The van der Waals surface area contributed by atoms with Crippen molar-refractivity contribution < 1.29 is 9.90 Å². The first-order valence-corrected chi connectivity index (χ1v) is 9.84. The monoisotopic (exact) mass is 366 g/mol. The fourth-order valence-corrected chi connectivity index (χ4v) is 4.87. The van der Waals surface area contributed by atoms with Gasteiger partial charge in [-0.25, -0.2) is 9.97 Å². The van der Waals surface area contributed by atoms with Crippen molar-refractivity contribution in [1.82, 2.24) is 9.97 Å². The van der Waals surface area contributed by atoms with Crippen molar-refractivity contribution in [2.45, 2.75) is 45.6 Å². The average molecular weight is 367 g/mol. The molecule has 0 spiro atoms. The molecule has 3 rings (SSSR count). The van der Waals surface area contributed by atoms with Gasteiger partial charge in [0.05, 0.1) is 16.3 Å². The zero-order valence-corrected chi connectivity index (χ0v) is 15.5. The van der Waals surface area contributed by atoms with E-state index in [2.05, 4.69) is 20.6 Å². The highest BCUT2D eigenvalue weighted by atomic mass is 32.1. The molecule has 1 fully saturated rings. The summed E-state index contributed by atoms with van der Waals surface area (Å²) in [4.78, 5) is 21.2. The Hall–Kier alpha value is -1.51. The highest BCUT2D eigenvalue weighted by Gasteiger charge is 2.25. The Kier molecular flexibility index (Phi) is 5.47. The molecule has 1 aliphatic rings. The zero-order chi connectivity index (χ0) is 17.1. The Labute approximate surface area is 149 Å². The lowest BCUT2D eigenvalue weighted by Gasteiger charge is -2.30. The number of amides is 1. The van der Waals surface area contributed by atoms with Gasteiger partial charge >= 0.3 is 0 Å². The van der Waals surface area contributed by atoms with Crippen molar-refractivity contribution in [3.8, 4) is 10.6 Å². The molecular formula is C16H22N4O2S2. The minimum atomic E-state index is -0.122. The van der Waals surface area contributed by atoms with Crippen LogP contribution >= 0.6 is 22.7 Å². The van der Waals surface area contributed by atoms with Crippen molar-refractivity contribution >= 4 is 38.8 Å². The average Bonchev–Trinajstić information content (AvgIpc) is 3.14. The van der Waals surface area contributed by atoms with Crippen LogP contribution in [0.15, 0.2) is 5.38 Å². The number of nitrogens with zero attached hydrogens (tertiary/aromatic N) is 2. The maximum absolute atomic E-state index is 11.2. The molecule has 130 valence electrons. The van der Waals surface area contributed by atoms with Gasteiger partial charge in [0.15, 0.2) is 10.3 Å². The molecule has 6 nitrogen and oxygen atoms in total. The van der Waals surface area contributed by atoms with Crippen LogP contribution in [-0.2, 0) is 4.79 Å². The number of hydrogen-bond donors (Lipinski definition) is 3.